The van der Waals surface area contributed by atoms with Gasteiger partial charge in [-0.3, -0.25) is 0 Å². The second-order valence-electron chi connectivity index (χ2n) is 5.23. The van der Waals surface area contributed by atoms with Crippen LogP contribution >= 0.6 is 0 Å². The number of rotatable bonds is 2. The van der Waals surface area contributed by atoms with Crippen molar-refractivity contribution in [3.05, 3.63) is 36.0 Å². The summed E-state index contributed by atoms with van der Waals surface area (Å²) in [4.78, 5) is 4.23. The molecule has 1 aromatic carbocycles. The molecule has 6 heteroatoms. The molecule has 2 N–H and O–H groups in total. The lowest BCUT2D eigenvalue weighted by atomic mass is 10.0. The molecule has 0 unspecified atom stereocenters. The molecule has 1 aromatic heterocycles. The quantitative estimate of drug-likeness (QED) is 0.891. The van der Waals surface area contributed by atoms with Crippen molar-refractivity contribution >= 4 is 16.6 Å². The average molecular weight is 295 g/mol. The fourth-order valence-corrected chi connectivity index (χ4v) is 2.73. The second kappa shape index (κ2) is 5.52. The van der Waals surface area contributed by atoms with Gasteiger partial charge in [0, 0.05) is 17.6 Å². The fourth-order valence-electron chi connectivity index (χ4n) is 2.73. The van der Waals surface area contributed by atoms with E-state index in [0.29, 0.717) is 11.2 Å². The number of hydrogen-bond acceptors (Lipinski definition) is 3. The molecule has 0 bridgehead atoms. The molecule has 2 aromatic rings. The summed E-state index contributed by atoms with van der Waals surface area (Å²) in [6.07, 6.45) is -1.04. The molecule has 3 nitrogen and oxygen atoms in total. The molecule has 0 aliphatic carbocycles. The van der Waals surface area contributed by atoms with Crippen LogP contribution in [-0.4, -0.2) is 24.1 Å². The van der Waals surface area contributed by atoms with E-state index in [9.17, 15) is 13.2 Å². The van der Waals surface area contributed by atoms with Crippen LogP contribution < -0.4 is 10.6 Å². The van der Waals surface area contributed by atoms with Crippen LogP contribution in [0.25, 0.3) is 10.8 Å². The van der Waals surface area contributed by atoms with E-state index < -0.39 is 11.7 Å². The van der Waals surface area contributed by atoms with Gasteiger partial charge in [-0.2, -0.15) is 13.2 Å². The van der Waals surface area contributed by atoms with Crippen LogP contribution in [0.5, 0.6) is 0 Å². The van der Waals surface area contributed by atoms with Gasteiger partial charge in [0.15, 0.2) is 0 Å². The van der Waals surface area contributed by atoms with Gasteiger partial charge in [-0.05, 0) is 43.5 Å². The zero-order valence-corrected chi connectivity index (χ0v) is 11.4. The number of nitrogens with zero attached hydrogens (tertiary/aromatic N) is 1. The molecule has 2 heterocycles. The predicted molar refractivity (Wildman–Crippen MR) is 76.3 cm³/mol. The molecule has 1 aliphatic rings. The van der Waals surface area contributed by atoms with Gasteiger partial charge in [-0.25, -0.2) is 4.98 Å². The first kappa shape index (κ1) is 14.1. The number of halogens is 3. The Hall–Kier alpha value is -1.82. The minimum atomic E-state index is -4.35. The third-order valence-corrected chi connectivity index (χ3v) is 3.79. The second-order valence-corrected chi connectivity index (χ2v) is 5.23. The third-order valence-electron chi connectivity index (χ3n) is 3.79. The maximum absolute atomic E-state index is 13.1. The van der Waals surface area contributed by atoms with Crippen molar-refractivity contribution < 1.29 is 13.2 Å². The van der Waals surface area contributed by atoms with Gasteiger partial charge in [-0.1, -0.05) is 12.1 Å². The lowest BCUT2D eigenvalue weighted by Gasteiger charge is -2.25. The van der Waals surface area contributed by atoms with Crippen LogP contribution in [0.1, 0.15) is 18.4 Å². The highest BCUT2D eigenvalue weighted by molar-refractivity contribution is 5.94. The third kappa shape index (κ3) is 2.95. The van der Waals surface area contributed by atoms with E-state index in [2.05, 4.69) is 15.6 Å². The molecular formula is C15H16F3N3. The van der Waals surface area contributed by atoms with Crippen LogP contribution in [0.15, 0.2) is 30.5 Å². The molecule has 1 fully saturated rings. The van der Waals surface area contributed by atoms with Crippen LogP contribution in [0, 0.1) is 0 Å². The smallest absolute Gasteiger partial charge is 0.367 e. The highest BCUT2D eigenvalue weighted by atomic mass is 19.4. The number of fused-ring (bicyclic) bond motifs is 1. The molecule has 0 saturated carbocycles. The van der Waals surface area contributed by atoms with Crippen molar-refractivity contribution in [3.63, 3.8) is 0 Å². The van der Waals surface area contributed by atoms with E-state index in [1.807, 2.05) is 0 Å². The summed E-state index contributed by atoms with van der Waals surface area (Å²) in [6, 6.07) is 5.89. The molecule has 0 radical (unpaired) electrons. The Morgan fingerprint density at radius 3 is 2.57 bits per heavy atom. The van der Waals surface area contributed by atoms with Crippen molar-refractivity contribution in [3.8, 4) is 0 Å². The van der Waals surface area contributed by atoms with E-state index in [1.165, 1.54) is 18.3 Å². The topological polar surface area (TPSA) is 37.0 Å². The molecule has 21 heavy (non-hydrogen) atoms. The van der Waals surface area contributed by atoms with Gasteiger partial charge in [0.1, 0.15) is 5.82 Å². The Bertz CT molecular complexity index is 634. The zero-order valence-electron chi connectivity index (χ0n) is 11.4. The molecule has 0 spiro atoms. The normalized spacial score (nSPS) is 17.1. The van der Waals surface area contributed by atoms with Crippen molar-refractivity contribution in [2.75, 3.05) is 18.4 Å². The average Bonchev–Trinajstić information content (AvgIpc) is 2.47. The Labute approximate surface area is 120 Å². The summed E-state index contributed by atoms with van der Waals surface area (Å²) in [6.45, 7) is 1.83. The van der Waals surface area contributed by atoms with Crippen molar-refractivity contribution in [1.82, 2.24) is 10.3 Å². The highest BCUT2D eigenvalue weighted by Crippen LogP contribution is 2.36. The lowest BCUT2D eigenvalue weighted by Crippen LogP contribution is -2.35. The minimum Gasteiger partial charge on any atom is -0.367 e. The van der Waals surface area contributed by atoms with E-state index in [-0.39, 0.29) is 11.4 Å². The number of nitrogens with one attached hydrogen (secondary N) is 2. The van der Waals surface area contributed by atoms with Gasteiger partial charge in [-0.15, -0.1) is 0 Å². The standard InChI is InChI=1S/C15H16F3N3/c16-15(17,18)13-3-1-2-12-11(13)6-9-20-14(12)21-10-4-7-19-8-5-10/h1-3,6,9-10,19H,4-5,7-8H2,(H,20,21). The summed E-state index contributed by atoms with van der Waals surface area (Å²) in [7, 11) is 0. The molecule has 1 saturated heterocycles. The number of aromatic nitrogens is 1. The van der Waals surface area contributed by atoms with Crippen LogP contribution in [-0.2, 0) is 6.18 Å². The molecular weight excluding hydrogens is 279 g/mol. The Morgan fingerprint density at radius 1 is 1.10 bits per heavy atom. The SMILES string of the molecule is FC(F)(F)c1cccc2c(NC3CCNCC3)nccc12. The highest BCUT2D eigenvalue weighted by Gasteiger charge is 2.32. The molecule has 3 rings (SSSR count). The van der Waals surface area contributed by atoms with Gasteiger partial charge in [0.05, 0.1) is 5.56 Å². The van der Waals surface area contributed by atoms with E-state index in [4.69, 9.17) is 0 Å². The monoisotopic (exact) mass is 295 g/mol. The van der Waals surface area contributed by atoms with Crippen LogP contribution in [0.4, 0.5) is 19.0 Å². The molecule has 1 aliphatic heterocycles. The molecule has 112 valence electrons. The van der Waals surface area contributed by atoms with E-state index in [0.717, 1.165) is 32.0 Å². The molecule has 0 amide bonds. The fraction of sp³-hybridized carbons (Fsp3) is 0.400. The van der Waals surface area contributed by atoms with E-state index >= 15 is 0 Å². The van der Waals surface area contributed by atoms with Crippen molar-refractivity contribution in [2.45, 2.75) is 25.1 Å². The number of piperidine rings is 1. The lowest BCUT2D eigenvalue weighted by molar-refractivity contribution is -0.136. The Morgan fingerprint density at radius 2 is 1.86 bits per heavy atom. The first-order valence-corrected chi connectivity index (χ1v) is 6.98. The number of anilines is 1. The van der Waals surface area contributed by atoms with E-state index in [1.54, 1.807) is 6.07 Å². The van der Waals surface area contributed by atoms with Crippen molar-refractivity contribution in [1.29, 1.82) is 0 Å². The summed E-state index contributed by atoms with van der Waals surface area (Å²) in [5, 5.41) is 7.25. The maximum atomic E-state index is 13.1. The van der Waals surface area contributed by atoms with Gasteiger partial charge in [0.2, 0.25) is 0 Å². The minimum absolute atomic E-state index is 0.191. The number of alkyl halides is 3. The summed E-state index contributed by atoms with van der Waals surface area (Å²) < 4.78 is 39.2. The van der Waals surface area contributed by atoms with Crippen LogP contribution in [0.3, 0.4) is 0 Å². The molecule has 0 atom stereocenters. The van der Waals surface area contributed by atoms with Crippen LogP contribution in [0.2, 0.25) is 0 Å². The first-order chi connectivity index (χ1) is 10.1. The van der Waals surface area contributed by atoms with Gasteiger partial charge in [0.25, 0.3) is 0 Å². The predicted octanol–water partition coefficient (Wildman–Crippen LogP) is 3.42. The first-order valence-electron chi connectivity index (χ1n) is 6.98. The Kier molecular flexibility index (Phi) is 3.71. The Balaban J connectivity index is 2.00. The summed E-state index contributed by atoms with van der Waals surface area (Å²) in [5.41, 5.74) is -0.615. The zero-order chi connectivity index (χ0) is 14.9. The summed E-state index contributed by atoms with van der Waals surface area (Å²) in [5.74, 6) is 0.533. The summed E-state index contributed by atoms with van der Waals surface area (Å²) >= 11 is 0. The maximum Gasteiger partial charge on any atom is 0.417 e. The van der Waals surface area contributed by atoms with Gasteiger partial charge >= 0.3 is 6.18 Å². The number of hydrogen-bond donors (Lipinski definition) is 2. The number of pyridine rings is 1. The van der Waals surface area contributed by atoms with Gasteiger partial charge < -0.3 is 10.6 Å². The largest absolute Gasteiger partial charge is 0.417 e. The number of benzene rings is 1. The van der Waals surface area contributed by atoms with Crippen molar-refractivity contribution in [2.24, 2.45) is 0 Å².